The highest BCUT2D eigenvalue weighted by Gasteiger charge is 2.07. The Morgan fingerprint density at radius 3 is 2.32 bits per heavy atom. The standard InChI is InChI=1S/C23H30O2/c1-5-6-7-8-15-25-22-17-21(23(24-4)16-19(22)3)14-13-20-11-9-18(2)10-12-20/h9-14,16-17H,5-8,15H2,1-4H3/b14-13+. The van der Waals surface area contributed by atoms with Crippen molar-refractivity contribution in [1.29, 1.82) is 0 Å². The largest absolute Gasteiger partial charge is 0.496 e. The highest BCUT2D eigenvalue weighted by atomic mass is 16.5. The highest BCUT2D eigenvalue weighted by molar-refractivity contribution is 5.74. The zero-order valence-corrected chi connectivity index (χ0v) is 16.0. The smallest absolute Gasteiger partial charge is 0.126 e. The lowest BCUT2D eigenvalue weighted by atomic mass is 10.1. The van der Waals surface area contributed by atoms with E-state index in [1.165, 1.54) is 30.4 Å². The van der Waals surface area contributed by atoms with Crippen LogP contribution in [0.4, 0.5) is 0 Å². The van der Waals surface area contributed by atoms with E-state index in [0.29, 0.717) is 0 Å². The molecular weight excluding hydrogens is 308 g/mol. The molecule has 0 saturated carbocycles. The van der Waals surface area contributed by atoms with Crippen LogP contribution < -0.4 is 9.47 Å². The van der Waals surface area contributed by atoms with Gasteiger partial charge in [0, 0.05) is 5.56 Å². The second-order valence-electron chi connectivity index (χ2n) is 6.51. The number of hydrogen-bond acceptors (Lipinski definition) is 2. The molecule has 0 aromatic heterocycles. The number of ether oxygens (including phenoxy) is 2. The molecule has 2 nitrogen and oxygen atoms in total. The second kappa shape index (κ2) is 9.93. The number of rotatable bonds is 9. The molecule has 0 radical (unpaired) electrons. The van der Waals surface area contributed by atoms with Crippen LogP contribution in [0.1, 0.15) is 54.9 Å². The molecule has 0 atom stereocenters. The molecule has 0 unspecified atom stereocenters. The van der Waals surface area contributed by atoms with Gasteiger partial charge in [-0.3, -0.25) is 0 Å². The van der Waals surface area contributed by atoms with Crippen molar-refractivity contribution in [2.24, 2.45) is 0 Å². The molecule has 0 spiro atoms. The van der Waals surface area contributed by atoms with Crippen LogP contribution in [0.2, 0.25) is 0 Å². The molecule has 2 aromatic carbocycles. The summed E-state index contributed by atoms with van der Waals surface area (Å²) in [6.07, 6.45) is 9.05. The lowest BCUT2D eigenvalue weighted by molar-refractivity contribution is 0.302. The minimum Gasteiger partial charge on any atom is -0.496 e. The zero-order valence-electron chi connectivity index (χ0n) is 16.0. The van der Waals surface area contributed by atoms with Gasteiger partial charge >= 0.3 is 0 Å². The normalized spacial score (nSPS) is 11.0. The molecule has 0 bridgehead atoms. The maximum atomic E-state index is 6.00. The zero-order chi connectivity index (χ0) is 18.1. The fourth-order valence-electron chi connectivity index (χ4n) is 2.71. The van der Waals surface area contributed by atoms with Crippen LogP contribution in [0.5, 0.6) is 11.5 Å². The third-order valence-electron chi connectivity index (χ3n) is 4.32. The van der Waals surface area contributed by atoms with Crippen LogP contribution in [0.15, 0.2) is 36.4 Å². The fraction of sp³-hybridized carbons (Fsp3) is 0.391. The van der Waals surface area contributed by atoms with E-state index in [2.05, 4.69) is 69.3 Å². The van der Waals surface area contributed by atoms with Crippen molar-refractivity contribution in [1.82, 2.24) is 0 Å². The van der Waals surface area contributed by atoms with E-state index in [0.717, 1.165) is 35.7 Å². The Balaban J connectivity index is 2.12. The molecule has 25 heavy (non-hydrogen) atoms. The van der Waals surface area contributed by atoms with Crippen LogP contribution in [-0.4, -0.2) is 13.7 Å². The quantitative estimate of drug-likeness (QED) is 0.387. The molecule has 134 valence electrons. The van der Waals surface area contributed by atoms with Gasteiger partial charge in [0.1, 0.15) is 11.5 Å². The maximum absolute atomic E-state index is 6.00. The average molecular weight is 338 g/mol. The lowest BCUT2D eigenvalue weighted by Gasteiger charge is -2.13. The Labute approximate surface area is 152 Å². The number of methoxy groups -OCH3 is 1. The molecular formula is C23H30O2. The number of benzene rings is 2. The van der Waals surface area contributed by atoms with E-state index in [-0.39, 0.29) is 0 Å². The van der Waals surface area contributed by atoms with Crippen molar-refractivity contribution in [3.05, 3.63) is 58.7 Å². The third-order valence-corrected chi connectivity index (χ3v) is 4.32. The van der Waals surface area contributed by atoms with Crippen LogP contribution >= 0.6 is 0 Å². The summed E-state index contributed by atoms with van der Waals surface area (Å²) in [5, 5.41) is 0. The van der Waals surface area contributed by atoms with E-state index < -0.39 is 0 Å². The Morgan fingerprint density at radius 1 is 0.880 bits per heavy atom. The van der Waals surface area contributed by atoms with Crippen LogP contribution in [0, 0.1) is 13.8 Å². The predicted molar refractivity (Wildman–Crippen MR) is 107 cm³/mol. The Morgan fingerprint density at radius 2 is 1.64 bits per heavy atom. The first kappa shape index (κ1) is 19.1. The van der Waals surface area contributed by atoms with Gasteiger partial charge in [0.05, 0.1) is 13.7 Å². The molecule has 0 fully saturated rings. The van der Waals surface area contributed by atoms with Crippen molar-refractivity contribution in [3.63, 3.8) is 0 Å². The summed E-state index contributed by atoms with van der Waals surface area (Å²) in [7, 11) is 1.71. The molecule has 2 heteroatoms. The van der Waals surface area contributed by atoms with Gasteiger partial charge in [0.15, 0.2) is 0 Å². The lowest BCUT2D eigenvalue weighted by Crippen LogP contribution is -2.00. The molecule has 0 aliphatic rings. The van der Waals surface area contributed by atoms with Crippen molar-refractivity contribution < 1.29 is 9.47 Å². The molecule has 2 rings (SSSR count). The highest BCUT2D eigenvalue weighted by Crippen LogP contribution is 2.30. The first-order chi connectivity index (χ1) is 12.1. The predicted octanol–water partition coefficient (Wildman–Crippen LogP) is 6.44. The number of unbranched alkanes of at least 4 members (excludes halogenated alkanes) is 3. The Kier molecular flexibility index (Phi) is 7.59. The summed E-state index contributed by atoms with van der Waals surface area (Å²) in [5.41, 5.74) is 4.59. The third kappa shape index (κ3) is 5.97. The van der Waals surface area contributed by atoms with Gasteiger partial charge in [-0.2, -0.15) is 0 Å². The van der Waals surface area contributed by atoms with Gasteiger partial charge < -0.3 is 9.47 Å². The van der Waals surface area contributed by atoms with E-state index in [4.69, 9.17) is 9.47 Å². The Bertz CT molecular complexity index is 684. The minimum atomic E-state index is 0.772. The summed E-state index contributed by atoms with van der Waals surface area (Å²) in [6.45, 7) is 7.16. The van der Waals surface area contributed by atoms with Crippen molar-refractivity contribution in [2.75, 3.05) is 13.7 Å². The summed E-state index contributed by atoms with van der Waals surface area (Å²) < 4.78 is 11.5. The van der Waals surface area contributed by atoms with E-state index in [9.17, 15) is 0 Å². The average Bonchev–Trinajstić information content (AvgIpc) is 2.62. The first-order valence-electron chi connectivity index (χ1n) is 9.20. The topological polar surface area (TPSA) is 18.5 Å². The molecule has 0 aliphatic heterocycles. The van der Waals surface area contributed by atoms with Crippen molar-refractivity contribution in [2.45, 2.75) is 46.5 Å². The van der Waals surface area contributed by atoms with E-state index in [1.54, 1.807) is 7.11 Å². The summed E-state index contributed by atoms with van der Waals surface area (Å²) in [5.74, 6) is 1.82. The van der Waals surface area contributed by atoms with Gasteiger partial charge in [-0.15, -0.1) is 0 Å². The maximum Gasteiger partial charge on any atom is 0.126 e. The molecule has 0 saturated heterocycles. The van der Waals surface area contributed by atoms with Crippen molar-refractivity contribution >= 4 is 12.2 Å². The summed E-state index contributed by atoms with van der Waals surface area (Å²) in [6, 6.07) is 12.6. The van der Waals surface area contributed by atoms with Crippen LogP contribution in [0.25, 0.3) is 12.2 Å². The monoisotopic (exact) mass is 338 g/mol. The van der Waals surface area contributed by atoms with Crippen LogP contribution in [0.3, 0.4) is 0 Å². The van der Waals surface area contributed by atoms with Gasteiger partial charge in [-0.1, -0.05) is 68.2 Å². The van der Waals surface area contributed by atoms with Gasteiger partial charge in [-0.05, 0) is 43.5 Å². The number of hydrogen-bond donors (Lipinski definition) is 0. The molecule has 0 aliphatic carbocycles. The fourth-order valence-corrected chi connectivity index (χ4v) is 2.71. The van der Waals surface area contributed by atoms with Gasteiger partial charge in [0.2, 0.25) is 0 Å². The molecule has 0 amide bonds. The van der Waals surface area contributed by atoms with Gasteiger partial charge in [0.25, 0.3) is 0 Å². The summed E-state index contributed by atoms with van der Waals surface area (Å²) >= 11 is 0. The molecule has 0 N–H and O–H groups in total. The SMILES string of the molecule is CCCCCCOc1cc(/C=C/c2ccc(C)cc2)c(OC)cc1C. The molecule has 2 aromatic rings. The Hall–Kier alpha value is -2.22. The molecule has 0 heterocycles. The van der Waals surface area contributed by atoms with E-state index in [1.807, 2.05) is 0 Å². The number of aryl methyl sites for hydroxylation is 2. The summed E-state index contributed by atoms with van der Waals surface area (Å²) in [4.78, 5) is 0. The van der Waals surface area contributed by atoms with E-state index >= 15 is 0 Å². The second-order valence-corrected chi connectivity index (χ2v) is 6.51. The van der Waals surface area contributed by atoms with Gasteiger partial charge in [-0.25, -0.2) is 0 Å². The van der Waals surface area contributed by atoms with Crippen LogP contribution in [-0.2, 0) is 0 Å². The first-order valence-corrected chi connectivity index (χ1v) is 9.20. The van der Waals surface area contributed by atoms with Crippen molar-refractivity contribution in [3.8, 4) is 11.5 Å². The minimum absolute atomic E-state index is 0.772.